The number of carboxylic acids is 1. The summed E-state index contributed by atoms with van der Waals surface area (Å²) < 4.78 is 1.23. The molecule has 3 rings (SSSR count). The second-order valence-electron chi connectivity index (χ2n) is 4.40. The van der Waals surface area contributed by atoms with E-state index in [-0.39, 0.29) is 11.8 Å². The Morgan fingerprint density at radius 2 is 2.18 bits per heavy atom. The number of fused-ring (bicyclic) bond motifs is 1. The number of nitrogens with one attached hydrogen (secondary N) is 1. The van der Waals surface area contributed by atoms with Gasteiger partial charge in [0.2, 0.25) is 0 Å². The van der Waals surface area contributed by atoms with Crippen molar-refractivity contribution in [3.63, 3.8) is 0 Å². The zero-order valence-corrected chi connectivity index (χ0v) is 10.0. The molecule has 0 aliphatic carbocycles. The molecule has 1 fully saturated rings. The van der Waals surface area contributed by atoms with Gasteiger partial charge in [-0.1, -0.05) is 18.2 Å². The molecule has 0 spiro atoms. The van der Waals surface area contributed by atoms with Gasteiger partial charge in [-0.3, -0.25) is 4.79 Å². The Morgan fingerprint density at radius 3 is 2.94 bits per heavy atom. The van der Waals surface area contributed by atoms with E-state index in [1.807, 2.05) is 12.1 Å². The summed E-state index contributed by atoms with van der Waals surface area (Å²) in [6, 6.07) is 10.3. The number of benzene rings is 1. The Bertz CT molecular complexity index is 530. The van der Waals surface area contributed by atoms with Crippen molar-refractivity contribution in [1.29, 1.82) is 0 Å². The molecule has 2 N–H and O–H groups in total. The summed E-state index contributed by atoms with van der Waals surface area (Å²) in [5, 5.41) is 13.6. The summed E-state index contributed by atoms with van der Waals surface area (Å²) in [6.45, 7) is 1.35. The minimum atomic E-state index is -0.697. The minimum Gasteiger partial charge on any atom is -0.481 e. The number of hydrogen-bond donors (Lipinski definition) is 2. The lowest BCUT2D eigenvalue weighted by atomic mass is 9.94. The molecule has 4 heteroatoms. The molecule has 1 aliphatic heterocycles. The quantitative estimate of drug-likeness (QED) is 0.856. The molecule has 2 aromatic rings. The van der Waals surface area contributed by atoms with Crippen molar-refractivity contribution in [3.05, 3.63) is 35.2 Å². The third kappa shape index (κ3) is 1.83. The van der Waals surface area contributed by atoms with E-state index in [1.54, 1.807) is 11.3 Å². The fourth-order valence-corrected chi connectivity index (χ4v) is 3.65. The zero-order valence-electron chi connectivity index (χ0n) is 9.22. The first kappa shape index (κ1) is 10.7. The lowest BCUT2D eigenvalue weighted by Crippen LogP contribution is -2.20. The molecule has 1 saturated heterocycles. The van der Waals surface area contributed by atoms with Gasteiger partial charge in [0.15, 0.2) is 0 Å². The summed E-state index contributed by atoms with van der Waals surface area (Å²) in [5.41, 5.74) is 0. The van der Waals surface area contributed by atoms with Gasteiger partial charge < -0.3 is 10.4 Å². The molecule has 3 nitrogen and oxygen atoms in total. The maximum atomic E-state index is 11.2. The summed E-state index contributed by atoms with van der Waals surface area (Å²) >= 11 is 1.71. The number of carboxylic acid groups (broad SMARTS) is 1. The lowest BCUT2D eigenvalue weighted by molar-refractivity contribution is -0.141. The van der Waals surface area contributed by atoms with Crippen LogP contribution in [0.5, 0.6) is 0 Å². The molecule has 88 valence electrons. The SMILES string of the molecule is O=C(O)C1CNCC1c1cc2ccccc2s1. The first-order valence-corrected chi connectivity index (χ1v) is 6.49. The highest BCUT2D eigenvalue weighted by molar-refractivity contribution is 7.19. The third-order valence-corrected chi connectivity index (χ3v) is 4.59. The largest absolute Gasteiger partial charge is 0.481 e. The van der Waals surface area contributed by atoms with Crippen LogP contribution >= 0.6 is 11.3 Å². The zero-order chi connectivity index (χ0) is 11.8. The molecular weight excluding hydrogens is 234 g/mol. The second-order valence-corrected chi connectivity index (χ2v) is 5.51. The predicted octanol–water partition coefficient (Wildman–Crippen LogP) is 2.29. The van der Waals surface area contributed by atoms with Gasteiger partial charge in [0.1, 0.15) is 0 Å². The van der Waals surface area contributed by atoms with E-state index in [0.29, 0.717) is 6.54 Å². The molecule has 2 heterocycles. The maximum Gasteiger partial charge on any atom is 0.308 e. The van der Waals surface area contributed by atoms with Crippen molar-refractivity contribution in [2.24, 2.45) is 5.92 Å². The molecule has 0 radical (unpaired) electrons. The maximum absolute atomic E-state index is 11.2. The van der Waals surface area contributed by atoms with Crippen LogP contribution in [0.25, 0.3) is 10.1 Å². The van der Waals surface area contributed by atoms with Gasteiger partial charge in [0.25, 0.3) is 0 Å². The smallest absolute Gasteiger partial charge is 0.308 e. The fourth-order valence-electron chi connectivity index (χ4n) is 2.42. The van der Waals surface area contributed by atoms with E-state index in [2.05, 4.69) is 23.5 Å². The van der Waals surface area contributed by atoms with Crippen molar-refractivity contribution < 1.29 is 9.90 Å². The molecule has 2 atom stereocenters. The number of thiophene rings is 1. The van der Waals surface area contributed by atoms with Crippen LogP contribution in [0.15, 0.2) is 30.3 Å². The van der Waals surface area contributed by atoms with E-state index in [9.17, 15) is 9.90 Å². The first-order chi connectivity index (χ1) is 8.25. The normalized spacial score (nSPS) is 24.2. The lowest BCUT2D eigenvalue weighted by Gasteiger charge is -2.11. The first-order valence-electron chi connectivity index (χ1n) is 5.67. The Labute approximate surface area is 103 Å². The molecule has 1 aromatic heterocycles. The van der Waals surface area contributed by atoms with Crippen LogP contribution in [-0.2, 0) is 4.79 Å². The highest BCUT2D eigenvalue weighted by Crippen LogP contribution is 2.36. The van der Waals surface area contributed by atoms with Crippen LogP contribution in [0.2, 0.25) is 0 Å². The van der Waals surface area contributed by atoms with Crippen molar-refractivity contribution >= 4 is 27.4 Å². The van der Waals surface area contributed by atoms with Crippen LogP contribution in [0, 0.1) is 5.92 Å². The average molecular weight is 247 g/mol. The van der Waals surface area contributed by atoms with E-state index >= 15 is 0 Å². The average Bonchev–Trinajstić information content (AvgIpc) is 2.95. The van der Waals surface area contributed by atoms with Gasteiger partial charge in [-0.25, -0.2) is 0 Å². The standard InChI is InChI=1S/C13H13NO2S/c15-13(16)10-7-14-6-9(10)12-5-8-3-1-2-4-11(8)17-12/h1-5,9-10,14H,6-7H2,(H,15,16). The monoisotopic (exact) mass is 247 g/mol. The van der Waals surface area contributed by atoms with Gasteiger partial charge >= 0.3 is 5.97 Å². The molecule has 17 heavy (non-hydrogen) atoms. The Kier molecular flexibility index (Phi) is 2.61. The second kappa shape index (κ2) is 4.13. The van der Waals surface area contributed by atoms with Crippen LogP contribution in [0.4, 0.5) is 0 Å². The van der Waals surface area contributed by atoms with Crippen LogP contribution in [-0.4, -0.2) is 24.2 Å². The van der Waals surface area contributed by atoms with E-state index in [0.717, 1.165) is 6.54 Å². The van der Waals surface area contributed by atoms with Gasteiger partial charge in [-0.2, -0.15) is 0 Å². The summed E-state index contributed by atoms with van der Waals surface area (Å²) in [7, 11) is 0. The third-order valence-electron chi connectivity index (χ3n) is 3.34. The Morgan fingerprint density at radius 1 is 1.35 bits per heavy atom. The van der Waals surface area contributed by atoms with Gasteiger partial charge in [-0.05, 0) is 17.5 Å². The van der Waals surface area contributed by atoms with Crippen LogP contribution in [0.1, 0.15) is 10.8 Å². The van der Waals surface area contributed by atoms with Crippen molar-refractivity contribution in [3.8, 4) is 0 Å². The Balaban J connectivity index is 2.00. The highest BCUT2D eigenvalue weighted by atomic mass is 32.1. The summed E-state index contributed by atoms with van der Waals surface area (Å²) in [5.74, 6) is -0.870. The molecule has 2 unspecified atom stereocenters. The molecule has 0 saturated carbocycles. The molecular formula is C13H13NO2S. The molecule has 0 bridgehead atoms. The number of aliphatic carboxylic acids is 1. The van der Waals surface area contributed by atoms with Crippen molar-refractivity contribution in [2.45, 2.75) is 5.92 Å². The van der Waals surface area contributed by atoms with Crippen LogP contribution in [0.3, 0.4) is 0 Å². The van der Waals surface area contributed by atoms with Gasteiger partial charge in [-0.15, -0.1) is 11.3 Å². The van der Waals surface area contributed by atoms with Crippen molar-refractivity contribution in [2.75, 3.05) is 13.1 Å². The van der Waals surface area contributed by atoms with E-state index < -0.39 is 5.97 Å². The summed E-state index contributed by atoms with van der Waals surface area (Å²) in [4.78, 5) is 12.3. The molecule has 1 aliphatic rings. The van der Waals surface area contributed by atoms with Crippen LogP contribution < -0.4 is 5.32 Å². The van der Waals surface area contributed by atoms with Crippen molar-refractivity contribution in [1.82, 2.24) is 5.32 Å². The number of hydrogen-bond acceptors (Lipinski definition) is 3. The van der Waals surface area contributed by atoms with E-state index in [1.165, 1.54) is 15.0 Å². The number of rotatable bonds is 2. The van der Waals surface area contributed by atoms with Gasteiger partial charge in [0, 0.05) is 28.6 Å². The number of carbonyl (C=O) groups is 1. The molecule has 0 amide bonds. The summed E-state index contributed by atoms with van der Waals surface area (Å²) in [6.07, 6.45) is 0. The molecule has 1 aromatic carbocycles. The Hall–Kier alpha value is -1.39. The minimum absolute atomic E-state index is 0.116. The topological polar surface area (TPSA) is 49.3 Å². The van der Waals surface area contributed by atoms with Gasteiger partial charge in [0.05, 0.1) is 5.92 Å². The predicted molar refractivity (Wildman–Crippen MR) is 68.6 cm³/mol. The highest BCUT2D eigenvalue weighted by Gasteiger charge is 2.34. The fraction of sp³-hybridized carbons (Fsp3) is 0.308. The van der Waals surface area contributed by atoms with E-state index in [4.69, 9.17) is 0 Å².